The normalized spacial score (nSPS) is 21.4. The number of nitrogens with zero attached hydrogens (tertiary/aromatic N) is 4. The van der Waals surface area contributed by atoms with E-state index in [2.05, 4.69) is 10.3 Å². The molecule has 0 bridgehead atoms. The summed E-state index contributed by atoms with van der Waals surface area (Å²) in [6.45, 7) is -1.14. The zero-order valence-corrected chi connectivity index (χ0v) is 12.5. The molecule has 1 aliphatic heterocycles. The minimum absolute atomic E-state index is 0.148. The smallest absolute Gasteiger partial charge is 0.394 e. The first-order valence-corrected chi connectivity index (χ1v) is 7.06. The number of fused-ring (bicyclic) bond motifs is 1. The third-order valence-electron chi connectivity index (χ3n) is 4.20. The molecular weight excluding hydrogens is 329 g/mol. The van der Waals surface area contributed by atoms with Crippen LogP contribution in [-0.4, -0.2) is 56.1 Å². The summed E-state index contributed by atoms with van der Waals surface area (Å²) >= 11 is 0. The van der Waals surface area contributed by atoms with Gasteiger partial charge in [-0.3, -0.25) is 9.59 Å². The van der Waals surface area contributed by atoms with E-state index in [0.29, 0.717) is 11.0 Å². The van der Waals surface area contributed by atoms with E-state index in [4.69, 9.17) is 5.11 Å². The van der Waals surface area contributed by atoms with Crippen LogP contribution in [0.5, 0.6) is 0 Å². The van der Waals surface area contributed by atoms with Crippen molar-refractivity contribution in [3.05, 3.63) is 23.8 Å². The van der Waals surface area contributed by atoms with Crippen molar-refractivity contribution in [3.63, 3.8) is 0 Å². The first kappa shape index (κ1) is 16.2. The Hall–Kier alpha value is -2.65. The van der Waals surface area contributed by atoms with E-state index in [9.17, 15) is 22.8 Å². The maximum atomic E-state index is 13.0. The molecule has 10 heteroatoms. The van der Waals surface area contributed by atoms with Crippen molar-refractivity contribution in [2.24, 2.45) is 18.9 Å². The summed E-state index contributed by atoms with van der Waals surface area (Å²) < 4.78 is 40.5. The number of hydrogen-bond donors (Lipinski definition) is 1. The highest BCUT2D eigenvalue weighted by molar-refractivity contribution is 5.97. The Bertz CT molecular complexity index is 817. The van der Waals surface area contributed by atoms with Crippen molar-refractivity contribution >= 4 is 22.9 Å². The van der Waals surface area contributed by atoms with Crippen LogP contribution in [-0.2, 0) is 11.8 Å². The quantitative estimate of drug-likeness (QED) is 0.889. The number of carbonyl (C=O) groups is 2. The molecule has 1 aromatic carbocycles. The summed E-state index contributed by atoms with van der Waals surface area (Å²) in [6.07, 6.45) is -4.67. The third-order valence-corrected chi connectivity index (χ3v) is 4.20. The molecule has 0 spiro atoms. The second kappa shape index (κ2) is 5.46. The fourth-order valence-electron chi connectivity index (χ4n) is 2.91. The van der Waals surface area contributed by atoms with Crippen molar-refractivity contribution < 1.29 is 27.9 Å². The maximum Gasteiger partial charge on any atom is 0.394 e. The van der Waals surface area contributed by atoms with Gasteiger partial charge in [0, 0.05) is 25.7 Å². The van der Waals surface area contributed by atoms with Crippen LogP contribution < -0.4 is 0 Å². The number of aliphatic carboxylic acids is 1. The third kappa shape index (κ3) is 2.68. The monoisotopic (exact) mass is 342 g/mol. The highest BCUT2D eigenvalue weighted by Crippen LogP contribution is 2.38. The number of likely N-dealkylation sites (tertiary alicyclic amines) is 1. The van der Waals surface area contributed by atoms with E-state index < -0.39 is 43.0 Å². The molecule has 1 N–H and O–H groups in total. The predicted octanol–water partition coefficient (Wildman–Crippen LogP) is 1.30. The Kier molecular flexibility index (Phi) is 3.69. The van der Waals surface area contributed by atoms with Crippen LogP contribution in [0.1, 0.15) is 10.4 Å². The molecule has 0 unspecified atom stereocenters. The number of alkyl halides is 3. The second-order valence-electron chi connectivity index (χ2n) is 5.72. The van der Waals surface area contributed by atoms with Crippen molar-refractivity contribution in [1.29, 1.82) is 0 Å². The van der Waals surface area contributed by atoms with Crippen molar-refractivity contribution in [3.8, 4) is 0 Å². The lowest BCUT2D eigenvalue weighted by Crippen LogP contribution is -2.34. The number of halogens is 3. The van der Waals surface area contributed by atoms with Gasteiger partial charge in [-0.25, -0.2) is 4.68 Å². The Morgan fingerprint density at radius 3 is 2.58 bits per heavy atom. The van der Waals surface area contributed by atoms with Gasteiger partial charge in [0.25, 0.3) is 5.91 Å². The van der Waals surface area contributed by atoms with Gasteiger partial charge in [0.05, 0.1) is 17.4 Å². The molecule has 1 aromatic heterocycles. The summed E-state index contributed by atoms with van der Waals surface area (Å²) in [6, 6.07) is 4.49. The highest BCUT2D eigenvalue weighted by Gasteiger charge is 2.53. The van der Waals surface area contributed by atoms with E-state index in [0.717, 1.165) is 4.90 Å². The molecule has 128 valence electrons. The van der Waals surface area contributed by atoms with Gasteiger partial charge in [0.1, 0.15) is 5.52 Å². The van der Waals surface area contributed by atoms with Gasteiger partial charge in [-0.15, -0.1) is 5.10 Å². The Morgan fingerprint density at radius 2 is 2.00 bits per heavy atom. The van der Waals surface area contributed by atoms with Crippen LogP contribution in [0.4, 0.5) is 13.2 Å². The van der Waals surface area contributed by atoms with E-state index >= 15 is 0 Å². The standard InChI is InChI=1S/C14H13F3N4O3/c1-20-11-3-2-7(4-10(11)18-19-20)12(22)21-5-8(13(23)24)9(6-21)14(15,16)17/h2-4,8-9H,5-6H2,1H3,(H,23,24)/t8-,9-/m1/s1. The number of carboxylic acid groups (broad SMARTS) is 1. The number of benzene rings is 1. The molecule has 1 fully saturated rings. The van der Waals surface area contributed by atoms with Crippen LogP contribution in [0.25, 0.3) is 11.0 Å². The molecular formula is C14H13F3N4O3. The molecule has 2 heterocycles. The number of amides is 1. The fraction of sp³-hybridized carbons (Fsp3) is 0.429. The molecule has 2 atom stereocenters. The van der Waals surface area contributed by atoms with Crippen LogP contribution in [0.15, 0.2) is 18.2 Å². The van der Waals surface area contributed by atoms with E-state index in [-0.39, 0.29) is 5.56 Å². The zero-order chi connectivity index (χ0) is 17.6. The first-order valence-electron chi connectivity index (χ1n) is 7.06. The summed E-state index contributed by atoms with van der Waals surface area (Å²) in [7, 11) is 1.67. The number of aromatic nitrogens is 3. The van der Waals surface area contributed by atoms with Gasteiger partial charge >= 0.3 is 12.1 Å². The van der Waals surface area contributed by atoms with Gasteiger partial charge in [-0.05, 0) is 18.2 Å². The number of carbonyl (C=O) groups excluding carboxylic acids is 1. The van der Waals surface area contributed by atoms with Crippen LogP contribution in [0.2, 0.25) is 0 Å². The van der Waals surface area contributed by atoms with Gasteiger partial charge in [0.2, 0.25) is 0 Å². The summed E-state index contributed by atoms with van der Waals surface area (Å²) in [5, 5.41) is 16.6. The highest BCUT2D eigenvalue weighted by atomic mass is 19.4. The molecule has 24 heavy (non-hydrogen) atoms. The molecule has 1 saturated heterocycles. The van der Waals surface area contributed by atoms with E-state index in [1.807, 2.05) is 0 Å². The molecule has 2 aromatic rings. The fourth-order valence-corrected chi connectivity index (χ4v) is 2.91. The first-order chi connectivity index (χ1) is 11.2. The van der Waals surface area contributed by atoms with Crippen LogP contribution in [0.3, 0.4) is 0 Å². The summed E-state index contributed by atoms with van der Waals surface area (Å²) in [5.74, 6) is -5.94. The van der Waals surface area contributed by atoms with Gasteiger partial charge < -0.3 is 10.0 Å². The summed E-state index contributed by atoms with van der Waals surface area (Å²) in [5.41, 5.74) is 1.25. The average molecular weight is 342 g/mol. The largest absolute Gasteiger partial charge is 0.481 e. The van der Waals surface area contributed by atoms with Crippen molar-refractivity contribution in [2.75, 3.05) is 13.1 Å². The lowest BCUT2D eigenvalue weighted by atomic mass is 9.96. The second-order valence-corrected chi connectivity index (χ2v) is 5.72. The van der Waals surface area contributed by atoms with Crippen molar-refractivity contribution in [2.45, 2.75) is 6.18 Å². The molecule has 3 rings (SSSR count). The van der Waals surface area contributed by atoms with Crippen LogP contribution in [0, 0.1) is 11.8 Å². The van der Waals surface area contributed by atoms with E-state index in [1.54, 1.807) is 13.1 Å². The average Bonchev–Trinajstić information content (AvgIpc) is 3.10. The van der Waals surface area contributed by atoms with Gasteiger partial charge in [-0.2, -0.15) is 13.2 Å². The number of hydrogen-bond acceptors (Lipinski definition) is 4. The molecule has 0 aliphatic carbocycles. The van der Waals surface area contributed by atoms with Gasteiger partial charge in [-0.1, -0.05) is 5.21 Å². The molecule has 0 radical (unpaired) electrons. The Morgan fingerprint density at radius 1 is 1.29 bits per heavy atom. The maximum absolute atomic E-state index is 13.0. The lowest BCUT2D eigenvalue weighted by Gasteiger charge is -2.18. The van der Waals surface area contributed by atoms with E-state index in [1.165, 1.54) is 16.8 Å². The van der Waals surface area contributed by atoms with Gasteiger partial charge in [0.15, 0.2) is 0 Å². The molecule has 0 saturated carbocycles. The van der Waals surface area contributed by atoms with Crippen LogP contribution >= 0.6 is 0 Å². The molecule has 7 nitrogen and oxygen atoms in total. The minimum atomic E-state index is -4.67. The summed E-state index contributed by atoms with van der Waals surface area (Å²) in [4.78, 5) is 24.5. The Balaban J connectivity index is 1.87. The minimum Gasteiger partial charge on any atom is -0.481 e. The predicted molar refractivity (Wildman–Crippen MR) is 75.1 cm³/mol. The number of aryl methyl sites for hydroxylation is 1. The lowest BCUT2D eigenvalue weighted by molar-refractivity contribution is -0.187. The van der Waals surface area contributed by atoms with Crippen molar-refractivity contribution in [1.82, 2.24) is 19.9 Å². The molecule has 1 amide bonds. The SMILES string of the molecule is Cn1nnc2cc(C(=O)N3C[C@@H](C(F)(F)F)[C@H](C(=O)O)C3)ccc21. The Labute approximate surface area is 133 Å². The number of carboxylic acids is 1. The number of rotatable bonds is 2. The zero-order valence-electron chi connectivity index (χ0n) is 12.5. The topological polar surface area (TPSA) is 88.3 Å². The molecule has 1 aliphatic rings.